The van der Waals surface area contributed by atoms with Crippen LogP contribution in [0.5, 0.6) is 0 Å². The lowest BCUT2D eigenvalue weighted by Gasteiger charge is -2.37. The highest BCUT2D eigenvalue weighted by atomic mass is 35.5. The lowest BCUT2D eigenvalue weighted by Crippen LogP contribution is -2.50. The molecule has 204 valence electrons. The van der Waals surface area contributed by atoms with Gasteiger partial charge in [0.25, 0.3) is 0 Å². The Balaban J connectivity index is 1.66. The fourth-order valence-corrected chi connectivity index (χ4v) is 7.05. The van der Waals surface area contributed by atoms with Crippen LogP contribution in [0, 0.1) is 11.2 Å². The van der Waals surface area contributed by atoms with Crippen molar-refractivity contribution in [3.05, 3.63) is 63.4 Å². The van der Waals surface area contributed by atoms with Crippen molar-refractivity contribution < 1.29 is 14.0 Å². The Morgan fingerprint density at radius 3 is 2.53 bits per heavy atom. The van der Waals surface area contributed by atoms with Crippen molar-refractivity contribution in [2.75, 3.05) is 5.32 Å². The molecule has 6 nitrogen and oxygen atoms in total. The zero-order valence-electron chi connectivity index (χ0n) is 21.9. The quantitative estimate of drug-likeness (QED) is 0.409. The number of hydrogen-bond acceptors (Lipinski definition) is 4. The van der Waals surface area contributed by atoms with Crippen LogP contribution < -0.4 is 21.7 Å². The molecule has 1 aliphatic carbocycles. The van der Waals surface area contributed by atoms with Crippen LogP contribution in [0.15, 0.2) is 36.4 Å². The highest BCUT2D eigenvalue weighted by molar-refractivity contribution is 6.31. The molecule has 2 aromatic carbocycles. The van der Waals surface area contributed by atoms with E-state index in [9.17, 15) is 14.0 Å². The number of rotatable bonds is 4. The average molecular weight is 562 g/mol. The summed E-state index contributed by atoms with van der Waals surface area (Å²) < 4.78 is 15.0. The summed E-state index contributed by atoms with van der Waals surface area (Å²) in [5, 5.41) is 10.2. The van der Waals surface area contributed by atoms with Gasteiger partial charge in [0.1, 0.15) is 11.2 Å². The van der Waals surface area contributed by atoms with E-state index in [1.807, 2.05) is 12.1 Å². The molecule has 1 spiro atoms. The summed E-state index contributed by atoms with van der Waals surface area (Å²) in [6.07, 6.45) is 3.90. The van der Waals surface area contributed by atoms with E-state index in [0.717, 1.165) is 31.2 Å². The molecular weight excluding hydrogens is 526 g/mol. The first-order valence-corrected chi connectivity index (χ1v) is 14.0. The highest BCUT2D eigenvalue weighted by Crippen LogP contribution is 2.57. The molecule has 4 atom stereocenters. The summed E-state index contributed by atoms with van der Waals surface area (Å²) in [6.45, 7) is 6.27. The maximum Gasteiger partial charge on any atom is 0.238 e. The van der Waals surface area contributed by atoms with E-state index in [4.69, 9.17) is 28.9 Å². The van der Waals surface area contributed by atoms with Crippen LogP contribution in [-0.2, 0) is 15.0 Å². The van der Waals surface area contributed by atoms with Crippen LogP contribution in [0.25, 0.3) is 0 Å². The van der Waals surface area contributed by atoms with Gasteiger partial charge in [-0.05, 0) is 72.9 Å². The third kappa shape index (κ3) is 4.83. The molecule has 4 unspecified atom stereocenters. The van der Waals surface area contributed by atoms with E-state index < -0.39 is 29.2 Å². The molecule has 2 aromatic rings. The topological polar surface area (TPSA) is 96.2 Å². The molecule has 3 aliphatic rings. The minimum absolute atomic E-state index is 0.0164. The summed E-state index contributed by atoms with van der Waals surface area (Å²) in [5.41, 5.74) is 6.35. The van der Waals surface area contributed by atoms with Crippen molar-refractivity contribution >= 4 is 40.7 Å². The number of fused-ring (bicyclic) bond motifs is 2. The monoisotopic (exact) mass is 560 g/mol. The van der Waals surface area contributed by atoms with Gasteiger partial charge in [0.15, 0.2) is 0 Å². The summed E-state index contributed by atoms with van der Waals surface area (Å²) in [6, 6.07) is 9.05. The Labute approximate surface area is 233 Å². The van der Waals surface area contributed by atoms with E-state index in [1.54, 1.807) is 12.1 Å². The normalized spacial score (nSPS) is 30.8. The average Bonchev–Trinajstić information content (AvgIpc) is 3.30. The number of amides is 2. The van der Waals surface area contributed by atoms with Gasteiger partial charge in [0, 0.05) is 34.8 Å². The van der Waals surface area contributed by atoms with Gasteiger partial charge in [-0.1, -0.05) is 56.1 Å². The fourth-order valence-electron chi connectivity index (χ4n) is 6.69. The number of nitrogens with two attached hydrogens (primary N) is 1. The van der Waals surface area contributed by atoms with Gasteiger partial charge in [-0.15, -0.1) is 0 Å². The second-order valence-electron chi connectivity index (χ2n) is 12.2. The summed E-state index contributed by atoms with van der Waals surface area (Å²) in [4.78, 5) is 28.1. The van der Waals surface area contributed by atoms with Gasteiger partial charge in [-0.2, -0.15) is 0 Å². The summed E-state index contributed by atoms with van der Waals surface area (Å²) in [7, 11) is 0. The summed E-state index contributed by atoms with van der Waals surface area (Å²) >= 11 is 12.5. The molecule has 0 radical (unpaired) electrons. The van der Waals surface area contributed by atoms with Crippen molar-refractivity contribution in [3.8, 4) is 0 Å². The van der Waals surface area contributed by atoms with Gasteiger partial charge < -0.3 is 21.7 Å². The molecule has 1 saturated heterocycles. The Kier molecular flexibility index (Phi) is 7.27. The molecule has 38 heavy (non-hydrogen) atoms. The number of halogens is 3. The van der Waals surface area contributed by atoms with Crippen molar-refractivity contribution in [1.82, 2.24) is 10.6 Å². The molecule has 2 amide bonds. The fraction of sp³-hybridized carbons (Fsp3) is 0.517. The van der Waals surface area contributed by atoms with E-state index in [-0.39, 0.29) is 34.3 Å². The molecule has 0 aromatic heterocycles. The number of anilines is 1. The standard InChI is InChI=1S/C29H35Cl2FN4O2/c1-28(2,3)14-23-29(19-12-21(32)20(31)13-22(19)35-27(29)38)24(15-5-4-6-16(30)11-15)25(36-23)26(37)34-18-9-7-17(33)8-10-18/h4-6,11-13,17-18,23-25,36H,7-10,14,33H2,1-3H3,(H,34,37)(H,35,38). The molecule has 5 rings (SSSR count). The molecule has 2 aliphatic heterocycles. The van der Waals surface area contributed by atoms with Crippen molar-refractivity contribution in [2.45, 2.75) is 88.4 Å². The van der Waals surface area contributed by atoms with E-state index in [1.165, 1.54) is 12.1 Å². The molecule has 1 saturated carbocycles. The third-order valence-electron chi connectivity index (χ3n) is 8.31. The number of hydrogen-bond donors (Lipinski definition) is 4. The third-order valence-corrected chi connectivity index (χ3v) is 8.83. The zero-order chi connectivity index (χ0) is 27.4. The van der Waals surface area contributed by atoms with Gasteiger partial charge in [0.05, 0.1) is 11.1 Å². The van der Waals surface area contributed by atoms with Gasteiger partial charge >= 0.3 is 0 Å². The van der Waals surface area contributed by atoms with Crippen LogP contribution in [0.1, 0.15) is 69.9 Å². The molecular formula is C29H35Cl2FN4O2. The first-order chi connectivity index (χ1) is 17.9. The second kappa shape index (κ2) is 10.1. The van der Waals surface area contributed by atoms with E-state index in [2.05, 4.69) is 36.7 Å². The predicted octanol–water partition coefficient (Wildman–Crippen LogP) is 5.27. The van der Waals surface area contributed by atoms with Crippen LogP contribution in [0.4, 0.5) is 10.1 Å². The number of benzene rings is 2. The van der Waals surface area contributed by atoms with E-state index >= 15 is 0 Å². The highest BCUT2D eigenvalue weighted by Gasteiger charge is 2.66. The van der Waals surface area contributed by atoms with Gasteiger partial charge in [-0.25, -0.2) is 4.39 Å². The van der Waals surface area contributed by atoms with Crippen molar-refractivity contribution in [1.29, 1.82) is 0 Å². The Bertz CT molecular complexity index is 1260. The van der Waals surface area contributed by atoms with Crippen molar-refractivity contribution in [3.63, 3.8) is 0 Å². The molecule has 2 heterocycles. The maximum atomic E-state index is 15.0. The largest absolute Gasteiger partial charge is 0.352 e. The summed E-state index contributed by atoms with van der Waals surface area (Å²) in [5.74, 6) is -1.70. The lowest BCUT2D eigenvalue weighted by atomic mass is 9.62. The number of carbonyl (C=O) groups is 2. The molecule has 0 bridgehead atoms. The Morgan fingerprint density at radius 1 is 1.16 bits per heavy atom. The Morgan fingerprint density at radius 2 is 1.87 bits per heavy atom. The van der Waals surface area contributed by atoms with Crippen LogP contribution in [0.3, 0.4) is 0 Å². The van der Waals surface area contributed by atoms with Crippen LogP contribution in [-0.4, -0.2) is 36.0 Å². The van der Waals surface area contributed by atoms with Crippen LogP contribution in [0.2, 0.25) is 10.0 Å². The molecule has 9 heteroatoms. The smallest absolute Gasteiger partial charge is 0.238 e. The molecule has 5 N–H and O–H groups in total. The second-order valence-corrected chi connectivity index (χ2v) is 13.1. The van der Waals surface area contributed by atoms with E-state index in [0.29, 0.717) is 22.7 Å². The van der Waals surface area contributed by atoms with Crippen LogP contribution >= 0.6 is 23.2 Å². The van der Waals surface area contributed by atoms with Gasteiger partial charge in [0.2, 0.25) is 11.8 Å². The number of nitrogens with one attached hydrogen (secondary N) is 3. The predicted molar refractivity (Wildman–Crippen MR) is 149 cm³/mol. The first-order valence-electron chi connectivity index (χ1n) is 13.3. The van der Waals surface area contributed by atoms with Gasteiger partial charge in [-0.3, -0.25) is 9.59 Å². The number of carbonyl (C=O) groups excluding carboxylic acids is 2. The first kappa shape index (κ1) is 27.4. The zero-order valence-corrected chi connectivity index (χ0v) is 23.4. The minimum Gasteiger partial charge on any atom is -0.352 e. The Hall–Kier alpha value is -2.19. The maximum absolute atomic E-state index is 15.0. The lowest BCUT2D eigenvalue weighted by molar-refractivity contribution is -0.124. The SMILES string of the molecule is CC(C)(C)CC1NC(C(=O)NC2CCC(N)CC2)C(c2cccc(Cl)c2)C12C(=O)Nc1cc(Cl)c(F)cc12. The molecule has 2 fully saturated rings. The minimum atomic E-state index is -1.25. The van der Waals surface area contributed by atoms with Crippen molar-refractivity contribution in [2.24, 2.45) is 11.1 Å².